The molecule has 102 valence electrons. The van der Waals surface area contributed by atoms with Gasteiger partial charge in [-0.3, -0.25) is 0 Å². The lowest BCUT2D eigenvalue weighted by molar-refractivity contribution is -0.0781. The molecule has 0 spiro atoms. The second-order valence-corrected chi connectivity index (χ2v) is 4.85. The van der Waals surface area contributed by atoms with Crippen molar-refractivity contribution in [1.82, 2.24) is 10.1 Å². The minimum Gasteiger partial charge on any atom is -0.359 e. The van der Waals surface area contributed by atoms with E-state index in [-0.39, 0.29) is 12.0 Å². The molecule has 0 unspecified atom stereocenters. The summed E-state index contributed by atoms with van der Waals surface area (Å²) in [5.74, 6) is 1.67. The Hall–Kier alpha value is -1.14. The van der Waals surface area contributed by atoms with Crippen molar-refractivity contribution in [3.05, 3.63) is 5.89 Å². The number of ether oxygens (including phenoxy) is 2. The second kappa shape index (κ2) is 6.15. The molecular weight excluding hydrogens is 234 g/mol. The second-order valence-electron chi connectivity index (χ2n) is 4.85. The van der Waals surface area contributed by atoms with Crippen LogP contribution in [0.1, 0.15) is 38.5 Å². The van der Waals surface area contributed by atoms with E-state index >= 15 is 0 Å². The minimum atomic E-state index is 0.272. The predicted molar refractivity (Wildman–Crippen MR) is 66.6 cm³/mol. The Morgan fingerprint density at radius 3 is 2.67 bits per heavy atom. The fourth-order valence-electron chi connectivity index (χ4n) is 1.98. The molecule has 1 saturated heterocycles. The van der Waals surface area contributed by atoms with Gasteiger partial charge >= 0.3 is 0 Å². The summed E-state index contributed by atoms with van der Waals surface area (Å²) in [5, 5.41) is 4.02. The van der Waals surface area contributed by atoms with Crippen molar-refractivity contribution in [2.24, 2.45) is 0 Å². The Morgan fingerprint density at radius 2 is 2.11 bits per heavy atom. The van der Waals surface area contributed by atoms with Crippen LogP contribution in [0.3, 0.4) is 0 Å². The van der Waals surface area contributed by atoms with Gasteiger partial charge in [-0.15, -0.1) is 0 Å². The van der Waals surface area contributed by atoms with Crippen molar-refractivity contribution >= 4 is 5.95 Å². The predicted octanol–water partition coefficient (Wildman–Crippen LogP) is 1.78. The highest BCUT2D eigenvalue weighted by atomic mass is 16.7. The van der Waals surface area contributed by atoms with E-state index in [1.807, 2.05) is 13.8 Å². The lowest BCUT2D eigenvalue weighted by atomic mass is 10.1. The SMILES string of the molecule is COCOC1CCN(c2noc(C(C)C)n2)CC1. The Labute approximate surface area is 107 Å². The highest BCUT2D eigenvalue weighted by Crippen LogP contribution is 2.21. The van der Waals surface area contributed by atoms with Gasteiger partial charge in [0.05, 0.1) is 6.10 Å². The molecule has 0 atom stereocenters. The van der Waals surface area contributed by atoms with E-state index in [1.54, 1.807) is 7.11 Å². The highest BCUT2D eigenvalue weighted by molar-refractivity contribution is 5.28. The molecule has 0 aliphatic carbocycles. The third kappa shape index (κ3) is 3.20. The number of nitrogens with zero attached hydrogens (tertiary/aromatic N) is 3. The first-order valence-electron chi connectivity index (χ1n) is 6.39. The molecule has 6 nitrogen and oxygen atoms in total. The van der Waals surface area contributed by atoms with E-state index in [0.29, 0.717) is 18.6 Å². The van der Waals surface area contributed by atoms with E-state index in [1.165, 1.54) is 0 Å². The number of hydrogen-bond donors (Lipinski definition) is 0. The first-order valence-corrected chi connectivity index (χ1v) is 6.39. The average molecular weight is 255 g/mol. The maximum atomic E-state index is 5.55. The zero-order valence-electron chi connectivity index (χ0n) is 11.3. The van der Waals surface area contributed by atoms with Gasteiger partial charge in [0.25, 0.3) is 5.95 Å². The van der Waals surface area contributed by atoms with E-state index < -0.39 is 0 Å². The fraction of sp³-hybridized carbons (Fsp3) is 0.833. The summed E-state index contributed by atoms with van der Waals surface area (Å²) in [7, 11) is 1.64. The summed E-state index contributed by atoms with van der Waals surface area (Å²) in [4.78, 5) is 6.54. The van der Waals surface area contributed by atoms with Crippen molar-refractivity contribution < 1.29 is 14.0 Å². The van der Waals surface area contributed by atoms with Gasteiger partial charge in [-0.25, -0.2) is 0 Å². The molecule has 1 aromatic rings. The van der Waals surface area contributed by atoms with Gasteiger partial charge < -0.3 is 18.9 Å². The highest BCUT2D eigenvalue weighted by Gasteiger charge is 2.23. The third-order valence-corrected chi connectivity index (χ3v) is 3.07. The Morgan fingerprint density at radius 1 is 1.39 bits per heavy atom. The molecular formula is C12H21N3O3. The monoisotopic (exact) mass is 255 g/mol. The van der Waals surface area contributed by atoms with E-state index in [2.05, 4.69) is 15.0 Å². The molecule has 1 aliphatic rings. The van der Waals surface area contributed by atoms with Crippen LogP contribution in [-0.4, -0.2) is 43.2 Å². The average Bonchev–Trinajstić information content (AvgIpc) is 2.87. The third-order valence-electron chi connectivity index (χ3n) is 3.07. The van der Waals surface area contributed by atoms with Crippen LogP contribution >= 0.6 is 0 Å². The number of methoxy groups -OCH3 is 1. The fourth-order valence-corrected chi connectivity index (χ4v) is 1.98. The van der Waals surface area contributed by atoms with Crippen LogP contribution in [0.15, 0.2) is 4.52 Å². The zero-order valence-corrected chi connectivity index (χ0v) is 11.3. The van der Waals surface area contributed by atoms with Crippen molar-refractivity contribution in [2.75, 3.05) is 31.9 Å². The van der Waals surface area contributed by atoms with E-state index in [4.69, 9.17) is 14.0 Å². The summed E-state index contributed by atoms with van der Waals surface area (Å²) in [5.41, 5.74) is 0. The summed E-state index contributed by atoms with van der Waals surface area (Å²) in [6.07, 6.45) is 2.21. The molecule has 18 heavy (non-hydrogen) atoms. The molecule has 1 aliphatic heterocycles. The number of hydrogen-bond acceptors (Lipinski definition) is 6. The van der Waals surface area contributed by atoms with Crippen LogP contribution in [-0.2, 0) is 9.47 Å². The molecule has 0 saturated carbocycles. The lowest BCUT2D eigenvalue weighted by Crippen LogP contribution is -2.37. The maximum Gasteiger partial charge on any atom is 0.266 e. The Bertz CT molecular complexity index is 359. The van der Waals surface area contributed by atoms with Gasteiger partial charge in [0, 0.05) is 26.1 Å². The van der Waals surface area contributed by atoms with Gasteiger partial charge in [-0.05, 0) is 18.0 Å². The van der Waals surface area contributed by atoms with Gasteiger partial charge in [0.15, 0.2) is 0 Å². The molecule has 0 amide bonds. The van der Waals surface area contributed by atoms with Crippen LogP contribution in [0.4, 0.5) is 5.95 Å². The van der Waals surface area contributed by atoms with Gasteiger partial charge in [-0.1, -0.05) is 13.8 Å². The quantitative estimate of drug-likeness (QED) is 0.747. The van der Waals surface area contributed by atoms with Gasteiger partial charge in [0.2, 0.25) is 5.89 Å². The minimum absolute atomic E-state index is 0.272. The van der Waals surface area contributed by atoms with Crippen molar-refractivity contribution in [1.29, 1.82) is 0 Å². The maximum absolute atomic E-state index is 5.55. The van der Waals surface area contributed by atoms with Crippen molar-refractivity contribution in [2.45, 2.75) is 38.7 Å². The number of rotatable bonds is 5. The topological polar surface area (TPSA) is 60.6 Å². The van der Waals surface area contributed by atoms with Crippen molar-refractivity contribution in [3.8, 4) is 0 Å². The molecule has 1 fully saturated rings. The standard InChI is InChI=1S/C12H21N3O3/c1-9(2)11-13-12(14-18-11)15-6-4-10(5-7-15)17-8-16-3/h9-10H,4-8H2,1-3H3. The molecule has 1 aromatic heterocycles. The normalized spacial score (nSPS) is 17.7. The van der Waals surface area contributed by atoms with E-state index in [0.717, 1.165) is 25.9 Å². The summed E-state index contributed by atoms with van der Waals surface area (Å²) in [6.45, 7) is 6.24. The molecule has 0 radical (unpaired) electrons. The number of anilines is 1. The van der Waals surface area contributed by atoms with Crippen LogP contribution in [0, 0.1) is 0 Å². The molecule has 2 heterocycles. The van der Waals surface area contributed by atoms with Gasteiger partial charge in [-0.2, -0.15) is 4.98 Å². The van der Waals surface area contributed by atoms with Crippen LogP contribution in [0.25, 0.3) is 0 Å². The summed E-state index contributed by atoms with van der Waals surface area (Å²) >= 11 is 0. The van der Waals surface area contributed by atoms with Crippen LogP contribution in [0.5, 0.6) is 0 Å². The molecule has 0 bridgehead atoms. The van der Waals surface area contributed by atoms with Gasteiger partial charge in [0.1, 0.15) is 6.79 Å². The van der Waals surface area contributed by atoms with Crippen molar-refractivity contribution in [3.63, 3.8) is 0 Å². The van der Waals surface area contributed by atoms with Crippen LogP contribution < -0.4 is 4.90 Å². The molecule has 0 aromatic carbocycles. The zero-order chi connectivity index (χ0) is 13.0. The van der Waals surface area contributed by atoms with E-state index in [9.17, 15) is 0 Å². The number of aromatic nitrogens is 2. The molecule has 6 heteroatoms. The number of piperidine rings is 1. The first kappa shape index (κ1) is 13.3. The summed E-state index contributed by atoms with van der Waals surface area (Å²) < 4.78 is 15.7. The Kier molecular flexibility index (Phi) is 4.54. The lowest BCUT2D eigenvalue weighted by Gasteiger charge is -2.30. The van der Waals surface area contributed by atoms with Crippen LogP contribution in [0.2, 0.25) is 0 Å². The largest absolute Gasteiger partial charge is 0.359 e. The first-order chi connectivity index (χ1) is 8.70. The molecule has 2 rings (SSSR count). The molecule has 0 N–H and O–H groups in total. The summed E-state index contributed by atoms with van der Waals surface area (Å²) in [6, 6.07) is 0. The Balaban J connectivity index is 1.85. The smallest absolute Gasteiger partial charge is 0.266 e.